The van der Waals surface area contributed by atoms with E-state index in [1.54, 1.807) is 6.07 Å². The largest absolute Gasteiger partial charge is 0.497 e. The normalized spacial score (nSPS) is 14.7. The van der Waals surface area contributed by atoms with Crippen molar-refractivity contribution in [2.75, 3.05) is 12.4 Å². The van der Waals surface area contributed by atoms with E-state index in [-0.39, 0.29) is 17.4 Å². The van der Waals surface area contributed by atoms with Crippen LogP contribution in [0.25, 0.3) is 0 Å². The van der Waals surface area contributed by atoms with Gasteiger partial charge in [0.15, 0.2) is 0 Å². The van der Waals surface area contributed by atoms with Crippen LogP contribution in [-0.4, -0.2) is 24.1 Å². The van der Waals surface area contributed by atoms with E-state index < -0.39 is 5.97 Å². The third kappa shape index (κ3) is 2.45. The maximum atomic E-state index is 11.8. The first-order valence-electron chi connectivity index (χ1n) is 5.84. The van der Waals surface area contributed by atoms with Gasteiger partial charge in [-0.1, -0.05) is 6.42 Å². The number of methoxy groups -OCH3 is 1. The minimum atomic E-state index is -1.07. The van der Waals surface area contributed by atoms with Gasteiger partial charge in [0.2, 0.25) is 5.91 Å². The van der Waals surface area contributed by atoms with Gasteiger partial charge < -0.3 is 15.2 Å². The molecule has 96 valence electrons. The van der Waals surface area contributed by atoms with Gasteiger partial charge in [-0.3, -0.25) is 4.79 Å². The zero-order valence-electron chi connectivity index (χ0n) is 10.1. The van der Waals surface area contributed by atoms with Crippen LogP contribution in [0.5, 0.6) is 5.75 Å². The molecule has 1 aromatic carbocycles. The van der Waals surface area contributed by atoms with Crippen molar-refractivity contribution in [1.29, 1.82) is 0 Å². The van der Waals surface area contributed by atoms with Crippen molar-refractivity contribution < 1.29 is 19.4 Å². The summed E-state index contributed by atoms with van der Waals surface area (Å²) in [6.07, 6.45) is 2.80. The Morgan fingerprint density at radius 3 is 2.61 bits per heavy atom. The van der Waals surface area contributed by atoms with Crippen LogP contribution in [0.2, 0.25) is 0 Å². The van der Waals surface area contributed by atoms with Crippen molar-refractivity contribution in [3.63, 3.8) is 0 Å². The summed E-state index contributed by atoms with van der Waals surface area (Å²) in [6, 6.07) is 4.51. The topological polar surface area (TPSA) is 75.6 Å². The molecule has 0 radical (unpaired) electrons. The van der Waals surface area contributed by atoms with Crippen LogP contribution in [0, 0.1) is 5.92 Å². The van der Waals surface area contributed by atoms with E-state index in [0.29, 0.717) is 11.4 Å². The summed E-state index contributed by atoms with van der Waals surface area (Å²) in [6.45, 7) is 0. The van der Waals surface area contributed by atoms with Crippen LogP contribution in [0.3, 0.4) is 0 Å². The quantitative estimate of drug-likeness (QED) is 0.857. The molecular formula is C13H15NO4. The highest BCUT2D eigenvalue weighted by atomic mass is 16.5. The van der Waals surface area contributed by atoms with Crippen LogP contribution in [0.1, 0.15) is 29.6 Å². The SMILES string of the molecule is COc1ccc(C(=O)O)c(NC(=O)C2CCC2)c1. The molecule has 1 aliphatic carbocycles. The molecule has 1 aromatic rings. The lowest BCUT2D eigenvalue weighted by atomic mass is 9.85. The van der Waals surface area contributed by atoms with Gasteiger partial charge >= 0.3 is 5.97 Å². The standard InChI is InChI=1S/C13H15NO4/c1-18-9-5-6-10(13(16)17)11(7-9)14-12(15)8-3-2-4-8/h5-8H,2-4H2,1H3,(H,14,15)(H,16,17). The molecular weight excluding hydrogens is 234 g/mol. The number of hydrogen-bond donors (Lipinski definition) is 2. The van der Waals surface area contributed by atoms with E-state index in [1.807, 2.05) is 0 Å². The summed E-state index contributed by atoms with van der Waals surface area (Å²) in [7, 11) is 1.49. The van der Waals surface area contributed by atoms with Crippen LogP contribution >= 0.6 is 0 Å². The molecule has 18 heavy (non-hydrogen) atoms. The number of rotatable bonds is 4. The van der Waals surface area contributed by atoms with E-state index in [0.717, 1.165) is 19.3 Å². The van der Waals surface area contributed by atoms with Crippen LogP contribution in [0.15, 0.2) is 18.2 Å². The molecule has 1 aliphatic rings. The fraction of sp³-hybridized carbons (Fsp3) is 0.385. The number of nitrogens with one attached hydrogen (secondary N) is 1. The summed E-state index contributed by atoms with van der Waals surface area (Å²) in [5, 5.41) is 11.7. The maximum absolute atomic E-state index is 11.8. The fourth-order valence-electron chi connectivity index (χ4n) is 1.85. The monoisotopic (exact) mass is 249 g/mol. The third-order valence-electron chi connectivity index (χ3n) is 3.19. The van der Waals surface area contributed by atoms with E-state index in [1.165, 1.54) is 19.2 Å². The van der Waals surface area contributed by atoms with Gasteiger partial charge in [-0.15, -0.1) is 0 Å². The number of anilines is 1. The number of carbonyl (C=O) groups excluding carboxylic acids is 1. The lowest BCUT2D eigenvalue weighted by Crippen LogP contribution is -2.28. The van der Waals surface area contributed by atoms with Crippen molar-refractivity contribution in [2.45, 2.75) is 19.3 Å². The number of aromatic carboxylic acids is 1. The first-order chi connectivity index (χ1) is 8.61. The Morgan fingerprint density at radius 1 is 1.39 bits per heavy atom. The lowest BCUT2D eigenvalue weighted by Gasteiger charge is -2.24. The molecule has 0 atom stereocenters. The summed E-state index contributed by atoms with van der Waals surface area (Å²) in [5.41, 5.74) is 0.363. The molecule has 5 heteroatoms. The summed E-state index contributed by atoms with van der Waals surface area (Å²) >= 11 is 0. The van der Waals surface area contributed by atoms with Crippen molar-refractivity contribution in [1.82, 2.24) is 0 Å². The van der Waals surface area contributed by atoms with Gasteiger partial charge in [0.25, 0.3) is 0 Å². The molecule has 0 bridgehead atoms. The zero-order valence-corrected chi connectivity index (χ0v) is 10.1. The number of carboxylic acid groups (broad SMARTS) is 1. The molecule has 2 rings (SSSR count). The summed E-state index contributed by atoms with van der Waals surface area (Å²) in [4.78, 5) is 22.9. The summed E-state index contributed by atoms with van der Waals surface area (Å²) < 4.78 is 5.03. The second-order valence-electron chi connectivity index (χ2n) is 4.33. The first kappa shape index (κ1) is 12.4. The molecule has 5 nitrogen and oxygen atoms in total. The Kier molecular flexibility index (Phi) is 3.50. The third-order valence-corrected chi connectivity index (χ3v) is 3.19. The second kappa shape index (κ2) is 5.08. The number of ether oxygens (including phenoxy) is 1. The van der Waals surface area contributed by atoms with E-state index >= 15 is 0 Å². The van der Waals surface area contributed by atoms with Crippen LogP contribution in [-0.2, 0) is 4.79 Å². The second-order valence-corrected chi connectivity index (χ2v) is 4.33. The zero-order chi connectivity index (χ0) is 13.1. The minimum absolute atomic E-state index is 0.0119. The Hall–Kier alpha value is -2.04. The smallest absolute Gasteiger partial charge is 0.337 e. The van der Waals surface area contributed by atoms with Gasteiger partial charge in [-0.25, -0.2) is 4.79 Å². The predicted octanol–water partition coefficient (Wildman–Crippen LogP) is 2.13. The maximum Gasteiger partial charge on any atom is 0.337 e. The number of amides is 1. The van der Waals surface area contributed by atoms with Gasteiger partial charge in [-0.2, -0.15) is 0 Å². The molecule has 0 saturated heterocycles. The predicted molar refractivity (Wildman–Crippen MR) is 65.9 cm³/mol. The average Bonchev–Trinajstić information content (AvgIpc) is 2.25. The fourth-order valence-corrected chi connectivity index (χ4v) is 1.85. The molecule has 0 spiro atoms. The highest BCUT2D eigenvalue weighted by molar-refractivity contribution is 6.01. The highest BCUT2D eigenvalue weighted by Crippen LogP contribution is 2.29. The molecule has 0 unspecified atom stereocenters. The van der Waals surface area contributed by atoms with Crippen molar-refractivity contribution in [3.05, 3.63) is 23.8 Å². The number of carboxylic acids is 1. The highest BCUT2D eigenvalue weighted by Gasteiger charge is 2.26. The van der Waals surface area contributed by atoms with Crippen molar-refractivity contribution >= 4 is 17.6 Å². The molecule has 0 heterocycles. The Morgan fingerprint density at radius 2 is 2.11 bits per heavy atom. The van der Waals surface area contributed by atoms with E-state index in [4.69, 9.17) is 9.84 Å². The van der Waals surface area contributed by atoms with Crippen molar-refractivity contribution in [3.8, 4) is 5.75 Å². The van der Waals surface area contributed by atoms with E-state index in [2.05, 4.69) is 5.32 Å². The molecule has 1 fully saturated rings. The van der Waals surface area contributed by atoms with Crippen LogP contribution in [0.4, 0.5) is 5.69 Å². The van der Waals surface area contributed by atoms with E-state index in [9.17, 15) is 9.59 Å². The lowest BCUT2D eigenvalue weighted by molar-refractivity contribution is -0.122. The average molecular weight is 249 g/mol. The van der Waals surface area contributed by atoms with Gasteiger partial charge in [-0.05, 0) is 25.0 Å². The number of carbonyl (C=O) groups is 2. The molecule has 2 N–H and O–H groups in total. The van der Waals surface area contributed by atoms with Gasteiger partial charge in [0.05, 0.1) is 18.4 Å². The summed E-state index contributed by atoms with van der Waals surface area (Å²) in [5.74, 6) is -0.652. The number of hydrogen-bond acceptors (Lipinski definition) is 3. The van der Waals surface area contributed by atoms with Gasteiger partial charge in [0, 0.05) is 12.0 Å². The van der Waals surface area contributed by atoms with Crippen LogP contribution < -0.4 is 10.1 Å². The Balaban J connectivity index is 2.22. The number of benzene rings is 1. The Labute approximate surface area is 105 Å². The molecule has 0 aromatic heterocycles. The van der Waals surface area contributed by atoms with Gasteiger partial charge in [0.1, 0.15) is 5.75 Å². The minimum Gasteiger partial charge on any atom is -0.497 e. The molecule has 0 aliphatic heterocycles. The molecule has 1 amide bonds. The Bertz CT molecular complexity index is 480. The van der Waals surface area contributed by atoms with Crippen molar-refractivity contribution in [2.24, 2.45) is 5.92 Å². The molecule has 1 saturated carbocycles. The first-order valence-corrected chi connectivity index (χ1v) is 5.84.